The molecular formula is C122H252O10Si12. The molecule has 848 valence electrons. The summed E-state index contributed by atoms with van der Waals surface area (Å²) >= 11 is 0. The van der Waals surface area contributed by atoms with Crippen molar-refractivity contribution in [3.05, 3.63) is 243 Å². The van der Waals surface area contributed by atoms with Crippen LogP contribution in [0.3, 0.4) is 0 Å². The maximum absolute atomic E-state index is 6.20. The van der Waals surface area contributed by atoms with Crippen LogP contribution in [0.25, 0.3) is 0 Å². The van der Waals surface area contributed by atoms with Crippen molar-refractivity contribution in [3.63, 3.8) is 0 Å². The molecule has 0 saturated heterocycles. The van der Waals surface area contributed by atoms with Crippen LogP contribution in [0.2, 0.25) is 128 Å². The molecule has 4 saturated carbocycles. The average Bonchev–Trinajstić information content (AvgIpc) is 1.63. The van der Waals surface area contributed by atoms with E-state index >= 15 is 0 Å². The zero-order valence-corrected chi connectivity index (χ0v) is 128. The van der Waals surface area contributed by atoms with Crippen LogP contribution in [0, 0.1) is 23.7 Å². The molecule has 8 aromatic rings. The lowest BCUT2D eigenvalue weighted by Crippen LogP contribution is -2.43. The second kappa shape index (κ2) is 123. The van der Waals surface area contributed by atoms with Crippen LogP contribution >= 0.6 is 0 Å². The third-order valence-corrected chi connectivity index (χ3v) is 29.9. The van der Waals surface area contributed by atoms with Crippen LogP contribution in [0.5, 0.6) is 46.0 Å². The van der Waals surface area contributed by atoms with Gasteiger partial charge in [-0.3, -0.25) is 0 Å². The number of para-hydroxylation sites is 8. The summed E-state index contributed by atoms with van der Waals surface area (Å²) < 4.78 is 57.4. The third-order valence-electron chi connectivity index (χ3n) is 19.5. The molecule has 0 spiro atoms. The Hall–Kier alpha value is -5.32. The number of fused-ring (bicyclic) bond motifs is 4. The molecule has 22 heteroatoms. The molecule has 4 aliphatic carbocycles. The average molecular weight is 2220 g/mol. The number of hydrogen-bond donors (Lipinski definition) is 0. The van der Waals surface area contributed by atoms with E-state index in [2.05, 4.69) is 198 Å². The smallest absolute Gasteiger partial charge is 0.250 e. The van der Waals surface area contributed by atoms with Gasteiger partial charge in [0.1, 0.15) is 57.2 Å². The predicted molar refractivity (Wildman–Crippen MR) is 710 cm³/mol. The van der Waals surface area contributed by atoms with Gasteiger partial charge in [0.2, 0.25) is 33.3 Å². The van der Waals surface area contributed by atoms with Crippen molar-refractivity contribution in [3.8, 4) is 46.0 Å². The molecule has 8 aromatic carbocycles. The predicted octanol–water partition coefficient (Wildman–Crippen LogP) is 33.6. The van der Waals surface area contributed by atoms with Crippen molar-refractivity contribution in [2.45, 2.75) is 452 Å². The normalized spacial score (nSPS) is 15.2. The van der Waals surface area contributed by atoms with E-state index in [1.54, 1.807) is 0 Å². The van der Waals surface area contributed by atoms with E-state index < -0.39 is 33.3 Å². The SMILES string of the molecule is CC.CC.CC.CC.CC.CC.CC.CC.CC.CC.CC.CC.CC(C)(C)[Si](C)(C)Oc1ccccc1.CC(C)(C)[Si](C)(C)Oc1ccccc1.CC1(Oc2ccccc2)CC2CCC1C2.CC1(Oc2ccccc2)CC2CCC1C2.CCOC(C)Oc1ccccc1.CCOC(C)Oc1ccccc1.C[SiH3].C[SiH3].C[SiH3].C[SiH3].C[SiH3].C[SiH3].C[SiH3].C[SiH3].C[Si](C)(C)Oc1ccccc1.C[Si](C)(C)Oc1ccccc1. The molecule has 8 unspecified atom stereocenters. The van der Waals surface area contributed by atoms with Crippen molar-refractivity contribution in [2.24, 2.45) is 23.7 Å². The molecule has 8 atom stereocenters. The van der Waals surface area contributed by atoms with Gasteiger partial charge in [0.25, 0.3) is 0 Å². The molecule has 0 aliphatic heterocycles. The molecule has 4 aliphatic rings. The first-order valence-corrected chi connectivity index (χ1v) is 86.7. The Bertz CT molecular complexity index is 3320. The fraction of sp³-hybridized carbons (Fsp3) is 0.607. The lowest BCUT2D eigenvalue weighted by atomic mass is 9.85. The second-order valence-electron chi connectivity index (χ2n) is 32.9. The maximum atomic E-state index is 6.20. The third kappa shape index (κ3) is 97.5. The highest BCUT2D eigenvalue weighted by Gasteiger charge is 2.51. The Kier molecular flexibility index (Phi) is 149. The molecule has 12 rings (SSSR count). The van der Waals surface area contributed by atoms with Gasteiger partial charge in [-0.05, 0) is 371 Å². The van der Waals surface area contributed by atoms with Crippen molar-refractivity contribution in [1.82, 2.24) is 0 Å². The lowest BCUT2D eigenvalue weighted by molar-refractivity contribution is -0.0616. The van der Waals surface area contributed by atoms with Crippen LogP contribution in [0.15, 0.2) is 243 Å². The van der Waals surface area contributed by atoms with E-state index in [-0.39, 0.29) is 33.9 Å². The summed E-state index contributed by atoms with van der Waals surface area (Å²) in [5, 5.41) is 0.533. The highest BCUT2D eigenvalue weighted by Crippen LogP contribution is 2.53. The maximum Gasteiger partial charge on any atom is 0.250 e. The highest BCUT2D eigenvalue weighted by atomic mass is 28.4. The van der Waals surface area contributed by atoms with E-state index in [1.165, 1.54) is 133 Å². The first-order valence-electron chi connectivity index (χ1n) is 58.1. The fourth-order valence-corrected chi connectivity index (χ4v) is 16.1. The van der Waals surface area contributed by atoms with Gasteiger partial charge in [-0.25, -0.2) is 0 Å². The van der Waals surface area contributed by atoms with Crippen LogP contribution < -0.4 is 36.7 Å². The quantitative estimate of drug-likeness (QED) is 0.0543. The Balaban J connectivity index is -0.0000000884. The monoisotopic (exact) mass is 2210 g/mol. The van der Waals surface area contributed by atoms with E-state index in [9.17, 15) is 0 Å². The van der Waals surface area contributed by atoms with E-state index in [0.29, 0.717) is 13.2 Å². The fourth-order valence-electron chi connectivity index (χ4n) is 12.4. The largest absolute Gasteiger partial charge is 0.544 e. The molecule has 144 heavy (non-hydrogen) atoms. The van der Waals surface area contributed by atoms with Crippen LogP contribution in [-0.2, 0) is 9.47 Å². The second-order valence-corrected chi connectivity index (χ2v) is 51.2. The summed E-state index contributed by atoms with van der Waals surface area (Å²) in [6, 6.07) is 80.0. The van der Waals surface area contributed by atoms with Crippen LogP contribution in [-0.4, -0.2) is 152 Å². The number of benzene rings is 8. The Morgan fingerprint density at radius 3 is 0.556 bits per heavy atom. The molecule has 0 radical (unpaired) electrons. The highest BCUT2D eigenvalue weighted by molar-refractivity contribution is 6.75. The van der Waals surface area contributed by atoms with Crippen molar-refractivity contribution in [2.75, 3.05) is 13.2 Å². The number of rotatable bonds is 20. The Morgan fingerprint density at radius 1 is 0.257 bits per heavy atom. The van der Waals surface area contributed by atoms with E-state index in [4.69, 9.17) is 46.1 Å². The van der Waals surface area contributed by atoms with Gasteiger partial charge in [-0.1, -0.05) is 406 Å². The molecule has 0 heterocycles. The molecule has 10 nitrogen and oxygen atoms in total. The van der Waals surface area contributed by atoms with Crippen molar-refractivity contribution < 1.29 is 46.1 Å². The van der Waals surface area contributed by atoms with Crippen molar-refractivity contribution in [1.29, 1.82) is 0 Å². The van der Waals surface area contributed by atoms with Crippen LogP contribution in [0.4, 0.5) is 0 Å². The minimum absolute atomic E-state index is 0.115. The van der Waals surface area contributed by atoms with Gasteiger partial charge in [-0.15, -0.1) is 0 Å². The first kappa shape index (κ1) is 175. The lowest BCUT2D eigenvalue weighted by Gasteiger charge is -2.36. The first-order chi connectivity index (χ1) is 69.0. The van der Waals surface area contributed by atoms with Gasteiger partial charge >= 0.3 is 0 Å². The van der Waals surface area contributed by atoms with Gasteiger partial charge in [0.15, 0.2) is 12.6 Å². The molecule has 4 bridgehead atoms. The summed E-state index contributed by atoms with van der Waals surface area (Å²) in [6.07, 6.45) is 10.6. The summed E-state index contributed by atoms with van der Waals surface area (Å²) in [7, 11) is 4.36. The minimum Gasteiger partial charge on any atom is -0.544 e. The summed E-state index contributed by atoms with van der Waals surface area (Å²) in [5.41, 5.74) is 0.231. The van der Waals surface area contributed by atoms with E-state index in [1.807, 2.05) is 412 Å². The van der Waals surface area contributed by atoms with Gasteiger partial charge in [0.05, 0.1) is 0 Å². The summed E-state index contributed by atoms with van der Waals surface area (Å²) in [5.74, 6) is 11.2. The van der Waals surface area contributed by atoms with Gasteiger partial charge in [0, 0.05) is 13.2 Å². The topological polar surface area (TPSA) is 92.3 Å². The molecular weight excluding hydrogens is 1960 g/mol. The zero-order valence-electron chi connectivity index (χ0n) is 108. The van der Waals surface area contributed by atoms with E-state index in [0.717, 1.165) is 69.7 Å². The van der Waals surface area contributed by atoms with Gasteiger partial charge in [-0.2, -0.15) is 0 Å². The zero-order chi connectivity index (χ0) is 117. The standard InChI is InChI=1S/2C14H18O.2C12H20OSi.2C10H14O2.2C9H14OSi.12C2H6.8CH6Si/c2*1-14(10-11-7-8-12(14)9-11)15-13-5-3-2-4-6-13;2*1-12(2,3)14(4,5)13-11-9-7-6-8-10-11;2*1-3-11-9(2)12-10-7-5-4-6-8-10;2*1-11(2,3)10-9-7-5-4-6-8-9;20*1-2/h2*2-6,11-12H,7-10H2,1H3;2*6-10H,1-5H3;2*4-9H,3H2,1-2H3;2*4-8H,1-3H3;20*1-2H3. The minimum atomic E-state index is -1.65. The Labute approximate surface area is 931 Å². The van der Waals surface area contributed by atoms with Crippen molar-refractivity contribution >= 4 is 115 Å². The van der Waals surface area contributed by atoms with Gasteiger partial charge < -0.3 is 46.1 Å². The number of ether oxygens (including phenoxy) is 6. The molecule has 0 amide bonds. The summed E-state index contributed by atoms with van der Waals surface area (Å²) in [4.78, 5) is 0. The number of hydrogen-bond acceptors (Lipinski definition) is 10. The molecule has 0 aromatic heterocycles. The summed E-state index contributed by atoms with van der Waals surface area (Å²) in [6.45, 7) is 114. The molecule has 0 N–H and O–H groups in total. The Morgan fingerprint density at radius 2 is 0.417 bits per heavy atom. The molecule has 4 fully saturated rings. The van der Waals surface area contributed by atoms with Crippen LogP contribution in [0.1, 0.15) is 301 Å².